The zero-order chi connectivity index (χ0) is 13.7. The first-order chi connectivity index (χ1) is 9.13. The summed E-state index contributed by atoms with van der Waals surface area (Å²) < 4.78 is 0. The van der Waals surface area contributed by atoms with Crippen LogP contribution in [0.25, 0.3) is 0 Å². The van der Waals surface area contributed by atoms with Gasteiger partial charge in [0, 0.05) is 32.2 Å². The SMILES string of the molecule is Cc1ccc(CNC(=O)CN2CCN[C@@H](C)C2)cc1. The number of piperazine rings is 1. The molecule has 1 aliphatic heterocycles. The smallest absolute Gasteiger partial charge is 0.234 e. The Morgan fingerprint density at radius 3 is 2.84 bits per heavy atom. The lowest BCUT2D eigenvalue weighted by Crippen LogP contribution is -2.51. The molecular formula is C15H23N3O. The number of aryl methyl sites for hydroxylation is 1. The molecule has 4 heteroatoms. The van der Waals surface area contributed by atoms with Crippen molar-refractivity contribution < 1.29 is 4.79 Å². The van der Waals surface area contributed by atoms with E-state index in [-0.39, 0.29) is 5.91 Å². The molecule has 1 aliphatic rings. The molecule has 4 nitrogen and oxygen atoms in total. The zero-order valence-corrected chi connectivity index (χ0v) is 11.8. The Bertz CT molecular complexity index is 416. The maximum Gasteiger partial charge on any atom is 0.234 e. The van der Waals surface area contributed by atoms with E-state index in [2.05, 4.69) is 53.6 Å². The molecule has 0 spiro atoms. The Kier molecular flexibility index (Phi) is 4.93. The average Bonchev–Trinajstić information content (AvgIpc) is 2.38. The Hall–Kier alpha value is -1.39. The molecular weight excluding hydrogens is 238 g/mol. The van der Waals surface area contributed by atoms with Gasteiger partial charge in [-0.25, -0.2) is 0 Å². The fourth-order valence-electron chi connectivity index (χ4n) is 2.32. The van der Waals surface area contributed by atoms with Crippen LogP contribution in [0.15, 0.2) is 24.3 Å². The number of hydrogen-bond donors (Lipinski definition) is 2. The molecule has 1 aromatic rings. The van der Waals surface area contributed by atoms with Crippen LogP contribution in [0, 0.1) is 6.92 Å². The van der Waals surface area contributed by atoms with Crippen molar-refractivity contribution in [2.75, 3.05) is 26.2 Å². The van der Waals surface area contributed by atoms with Crippen molar-refractivity contribution in [3.05, 3.63) is 35.4 Å². The van der Waals surface area contributed by atoms with Gasteiger partial charge in [0.1, 0.15) is 0 Å². The maximum atomic E-state index is 11.9. The van der Waals surface area contributed by atoms with Crippen LogP contribution >= 0.6 is 0 Å². The third-order valence-corrected chi connectivity index (χ3v) is 3.43. The van der Waals surface area contributed by atoms with Crippen LogP contribution in [0.2, 0.25) is 0 Å². The van der Waals surface area contributed by atoms with E-state index in [1.54, 1.807) is 0 Å². The summed E-state index contributed by atoms with van der Waals surface area (Å²) in [6.07, 6.45) is 0. The number of rotatable bonds is 4. The summed E-state index contributed by atoms with van der Waals surface area (Å²) in [7, 11) is 0. The van der Waals surface area contributed by atoms with Crippen molar-refractivity contribution in [2.45, 2.75) is 26.4 Å². The fourth-order valence-corrected chi connectivity index (χ4v) is 2.32. The fraction of sp³-hybridized carbons (Fsp3) is 0.533. The Balaban J connectivity index is 1.73. The van der Waals surface area contributed by atoms with Gasteiger partial charge in [-0.05, 0) is 19.4 Å². The number of amides is 1. The minimum Gasteiger partial charge on any atom is -0.351 e. The number of carbonyl (C=O) groups is 1. The Morgan fingerprint density at radius 1 is 1.42 bits per heavy atom. The third kappa shape index (κ3) is 4.65. The number of benzene rings is 1. The van der Waals surface area contributed by atoms with Crippen LogP contribution in [-0.4, -0.2) is 43.0 Å². The minimum absolute atomic E-state index is 0.106. The molecule has 1 heterocycles. The molecule has 2 rings (SSSR count). The highest BCUT2D eigenvalue weighted by Gasteiger charge is 2.17. The van der Waals surface area contributed by atoms with Gasteiger partial charge in [-0.3, -0.25) is 9.69 Å². The van der Waals surface area contributed by atoms with Gasteiger partial charge in [-0.15, -0.1) is 0 Å². The maximum absolute atomic E-state index is 11.9. The molecule has 1 fully saturated rings. The molecule has 104 valence electrons. The molecule has 1 saturated heterocycles. The summed E-state index contributed by atoms with van der Waals surface area (Å²) in [5.41, 5.74) is 2.39. The van der Waals surface area contributed by atoms with Gasteiger partial charge >= 0.3 is 0 Å². The van der Waals surface area contributed by atoms with Crippen LogP contribution in [-0.2, 0) is 11.3 Å². The summed E-state index contributed by atoms with van der Waals surface area (Å²) in [6.45, 7) is 8.18. The van der Waals surface area contributed by atoms with Crippen LogP contribution in [0.5, 0.6) is 0 Å². The van der Waals surface area contributed by atoms with Gasteiger partial charge in [-0.2, -0.15) is 0 Å². The molecule has 0 aromatic heterocycles. The zero-order valence-electron chi connectivity index (χ0n) is 11.8. The molecule has 0 aliphatic carbocycles. The van der Waals surface area contributed by atoms with Gasteiger partial charge in [-0.1, -0.05) is 29.8 Å². The number of nitrogens with zero attached hydrogens (tertiary/aromatic N) is 1. The lowest BCUT2D eigenvalue weighted by Gasteiger charge is -2.31. The standard InChI is InChI=1S/C15H23N3O/c1-12-3-5-14(6-4-12)9-17-15(19)11-18-8-7-16-13(2)10-18/h3-6,13,16H,7-11H2,1-2H3,(H,17,19)/t13-/m0/s1. The second-order valence-electron chi connectivity index (χ2n) is 5.35. The van der Waals surface area contributed by atoms with E-state index in [9.17, 15) is 4.79 Å². The number of carbonyl (C=O) groups excluding carboxylic acids is 1. The summed E-state index contributed by atoms with van der Waals surface area (Å²) >= 11 is 0. The summed E-state index contributed by atoms with van der Waals surface area (Å²) in [6, 6.07) is 8.72. The largest absolute Gasteiger partial charge is 0.351 e. The van der Waals surface area contributed by atoms with E-state index >= 15 is 0 Å². The van der Waals surface area contributed by atoms with Gasteiger partial charge in [0.05, 0.1) is 6.54 Å². The minimum atomic E-state index is 0.106. The highest BCUT2D eigenvalue weighted by atomic mass is 16.2. The molecule has 0 radical (unpaired) electrons. The Morgan fingerprint density at radius 2 is 2.16 bits per heavy atom. The first kappa shape index (κ1) is 14.0. The van der Waals surface area contributed by atoms with Crippen molar-refractivity contribution in [3.8, 4) is 0 Å². The molecule has 1 atom stereocenters. The first-order valence-corrected chi connectivity index (χ1v) is 6.91. The molecule has 1 aromatic carbocycles. The first-order valence-electron chi connectivity index (χ1n) is 6.91. The highest BCUT2D eigenvalue weighted by Crippen LogP contribution is 2.03. The van der Waals surface area contributed by atoms with E-state index in [1.165, 1.54) is 5.56 Å². The second-order valence-corrected chi connectivity index (χ2v) is 5.35. The lowest BCUT2D eigenvalue weighted by molar-refractivity contribution is -0.122. The quantitative estimate of drug-likeness (QED) is 0.846. The van der Waals surface area contributed by atoms with E-state index in [0.717, 1.165) is 25.2 Å². The predicted octanol–water partition coefficient (Wildman–Crippen LogP) is 0.905. The van der Waals surface area contributed by atoms with Crippen molar-refractivity contribution >= 4 is 5.91 Å². The summed E-state index contributed by atoms with van der Waals surface area (Å²) in [4.78, 5) is 14.1. The number of hydrogen-bond acceptors (Lipinski definition) is 3. The van der Waals surface area contributed by atoms with Crippen molar-refractivity contribution in [1.29, 1.82) is 0 Å². The van der Waals surface area contributed by atoms with E-state index in [0.29, 0.717) is 19.1 Å². The molecule has 0 bridgehead atoms. The third-order valence-electron chi connectivity index (χ3n) is 3.43. The topological polar surface area (TPSA) is 44.4 Å². The van der Waals surface area contributed by atoms with Crippen LogP contribution in [0.4, 0.5) is 0 Å². The number of nitrogens with one attached hydrogen (secondary N) is 2. The lowest BCUT2D eigenvalue weighted by atomic mass is 10.1. The highest BCUT2D eigenvalue weighted by molar-refractivity contribution is 5.78. The van der Waals surface area contributed by atoms with Gasteiger partial charge in [0.15, 0.2) is 0 Å². The van der Waals surface area contributed by atoms with Gasteiger partial charge in [0.25, 0.3) is 0 Å². The predicted molar refractivity (Wildman–Crippen MR) is 76.9 cm³/mol. The molecule has 1 amide bonds. The summed E-state index contributed by atoms with van der Waals surface area (Å²) in [5, 5.41) is 6.35. The van der Waals surface area contributed by atoms with E-state index < -0.39 is 0 Å². The van der Waals surface area contributed by atoms with Gasteiger partial charge < -0.3 is 10.6 Å². The monoisotopic (exact) mass is 261 g/mol. The molecule has 2 N–H and O–H groups in total. The average molecular weight is 261 g/mol. The van der Waals surface area contributed by atoms with Crippen molar-refractivity contribution in [3.63, 3.8) is 0 Å². The molecule has 19 heavy (non-hydrogen) atoms. The Labute approximate surface area is 115 Å². The molecule has 0 unspecified atom stereocenters. The van der Waals surface area contributed by atoms with Crippen LogP contribution in [0.1, 0.15) is 18.1 Å². The van der Waals surface area contributed by atoms with Crippen molar-refractivity contribution in [1.82, 2.24) is 15.5 Å². The molecule has 0 saturated carbocycles. The van der Waals surface area contributed by atoms with E-state index in [1.807, 2.05) is 0 Å². The summed E-state index contributed by atoms with van der Waals surface area (Å²) in [5.74, 6) is 0.106. The van der Waals surface area contributed by atoms with E-state index in [4.69, 9.17) is 0 Å². The van der Waals surface area contributed by atoms with Crippen LogP contribution in [0.3, 0.4) is 0 Å². The van der Waals surface area contributed by atoms with Crippen molar-refractivity contribution in [2.24, 2.45) is 0 Å². The van der Waals surface area contributed by atoms with Crippen LogP contribution < -0.4 is 10.6 Å². The second kappa shape index (κ2) is 6.68. The van der Waals surface area contributed by atoms with Gasteiger partial charge in [0.2, 0.25) is 5.91 Å². The normalized spacial score (nSPS) is 20.2.